The number of aromatic nitrogens is 2. The topological polar surface area (TPSA) is 104 Å². The lowest BCUT2D eigenvalue weighted by Gasteiger charge is -1.96. The van der Waals surface area contributed by atoms with Gasteiger partial charge in [-0.25, -0.2) is 4.98 Å². The normalized spacial score (nSPS) is 10.4. The molecule has 0 saturated heterocycles. The molecule has 8 heteroatoms. The molecule has 0 aromatic carbocycles. The van der Waals surface area contributed by atoms with Crippen LogP contribution in [-0.4, -0.2) is 19.2 Å². The predicted octanol–water partition coefficient (Wildman–Crippen LogP) is 1.15. The van der Waals surface area contributed by atoms with Crippen LogP contribution in [-0.2, 0) is 0 Å². The van der Waals surface area contributed by atoms with Gasteiger partial charge in [0.15, 0.2) is 0 Å². The van der Waals surface area contributed by atoms with Gasteiger partial charge in [0.1, 0.15) is 0 Å². The van der Waals surface area contributed by atoms with Gasteiger partial charge in [-0.05, 0) is 0 Å². The lowest BCUT2D eigenvalue weighted by atomic mass is 10.3. The molecule has 76 valence electrons. The molecule has 0 N–H and O–H groups in total. The van der Waals surface area contributed by atoms with Gasteiger partial charge in [0.05, 0.1) is 22.1 Å². The Labute approximate surface area is 82.1 Å². The summed E-state index contributed by atoms with van der Waals surface area (Å²) in [6.45, 7) is 0. The van der Waals surface area contributed by atoms with Crippen molar-refractivity contribution in [1.82, 2.24) is 9.38 Å². The molecule has 2 heterocycles. The van der Waals surface area contributed by atoms with Gasteiger partial charge in [-0.1, -0.05) is 0 Å². The summed E-state index contributed by atoms with van der Waals surface area (Å²) in [6.07, 6.45) is 3.93. The van der Waals surface area contributed by atoms with Crippen molar-refractivity contribution >= 4 is 17.0 Å². The minimum Gasteiger partial charge on any atom is -0.294 e. The van der Waals surface area contributed by atoms with E-state index in [-0.39, 0.29) is 17.0 Å². The summed E-state index contributed by atoms with van der Waals surface area (Å²) < 4.78 is 1.25. The summed E-state index contributed by atoms with van der Waals surface area (Å²) in [7, 11) is 0. The van der Waals surface area contributed by atoms with Crippen molar-refractivity contribution in [2.75, 3.05) is 0 Å². The highest BCUT2D eigenvalue weighted by molar-refractivity contribution is 5.62. The highest BCUT2D eigenvalue weighted by Gasteiger charge is 2.20. The van der Waals surface area contributed by atoms with E-state index in [1.165, 1.54) is 23.0 Å². The van der Waals surface area contributed by atoms with Gasteiger partial charge in [0.25, 0.3) is 5.69 Å². The van der Waals surface area contributed by atoms with Crippen molar-refractivity contribution in [1.29, 1.82) is 0 Å². The van der Waals surface area contributed by atoms with Crippen LogP contribution in [0.4, 0.5) is 11.4 Å². The summed E-state index contributed by atoms with van der Waals surface area (Å²) in [5.41, 5.74) is -0.632. The van der Waals surface area contributed by atoms with Crippen molar-refractivity contribution < 1.29 is 9.85 Å². The molecule has 0 aliphatic rings. The maximum Gasteiger partial charge on any atom is 0.319 e. The minimum atomic E-state index is -0.699. The second-order valence-electron chi connectivity index (χ2n) is 2.76. The van der Waals surface area contributed by atoms with E-state index < -0.39 is 9.85 Å². The van der Waals surface area contributed by atoms with Gasteiger partial charge in [0.2, 0.25) is 5.65 Å². The average Bonchev–Trinajstić information content (AvgIpc) is 2.62. The van der Waals surface area contributed by atoms with Gasteiger partial charge < -0.3 is 0 Å². The number of hydrogen-bond donors (Lipinski definition) is 0. The van der Waals surface area contributed by atoms with E-state index in [1.807, 2.05) is 0 Å². The van der Waals surface area contributed by atoms with E-state index in [0.29, 0.717) is 0 Å². The van der Waals surface area contributed by atoms with Gasteiger partial charge in [-0.15, -0.1) is 0 Å². The quantitative estimate of drug-likeness (QED) is 0.543. The predicted molar refractivity (Wildman–Crippen MR) is 48.5 cm³/mol. The van der Waals surface area contributed by atoms with Gasteiger partial charge in [-0.2, -0.15) is 0 Å². The molecule has 0 aliphatic carbocycles. The Morgan fingerprint density at radius 1 is 1.27 bits per heavy atom. The first-order valence-corrected chi connectivity index (χ1v) is 3.85. The second-order valence-corrected chi connectivity index (χ2v) is 2.76. The number of imidazole rings is 1. The second kappa shape index (κ2) is 3.01. The van der Waals surface area contributed by atoms with E-state index in [2.05, 4.69) is 4.98 Å². The molecule has 15 heavy (non-hydrogen) atoms. The van der Waals surface area contributed by atoms with Crippen molar-refractivity contribution in [2.24, 2.45) is 0 Å². The van der Waals surface area contributed by atoms with Gasteiger partial charge >= 0.3 is 5.69 Å². The molecule has 0 aliphatic heterocycles. The maximum absolute atomic E-state index is 10.6. The zero-order valence-electron chi connectivity index (χ0n) is 7.23. The smallest absolute Gasteiger partial charge is 0.294 e. The molecule has 0 saturated carbocycles. The maximum atomic E-state index is 10.6. The number of hydrogen-bond acceptors (Lipinski definition) is 5. The Bertz CT molecular complexity index is 561. The van der Waals surface area contributed by atoms with Crippen molar-refractivity contribution in [3.05, 3.63) is 44.9 Å². The van der Waals surface area contributed by atoms with Crippen molar-refractivity contribution in [3.63, 3.8) is 0 Å². The first-order chi connectivity index (χ1) is 7.09. The highest BCUT2D eigenvalue weighted by atomic mass is 16.6. The van der Waals surface area contributed by atoms with Crippen molar-refractivity contribution in [2.45, 2.75) is 0 Å². The van der Waals surface area contributed by atoms with Crippen LogP contribution in [0, 0.1) is 20.2 Å². The first-order valence-electron chi connectivity index (χ1n) is 3.85. The minimum absolute atomic E-state index is 0.0885. The zero-order chi connectivity index (χ0) is 11.0. The highest BCUT2D eigenvalue weighted by Crippen LogP contribution is 2.23. The van der Waals surface area contributed by atoms with E-state index in [1.54, 1.807) is 0 Å². The van der Waals surface area contributed by atoms with Crippen molar-refractivity contribution in [3.8, 4) is 0 Å². The molecule has 0 spiro atoms. The molecule has 0 unspecified atom stereocenters. The Hall–Kier alpha value is -2.51. The summed E-state index contributed by atoms with van der Waals surface area (Å²) >= 11 is 0. The summed E-state index contributed by atoms with van der Waals surface area (Å²) in [4.78, 5) is 23.5. The molecule has 0 fully saturated rings. The van der Waals surface area contributed by atoms with Crippen LogP contribution >= 0.6 is 0 Å². The fourth-order valence-electron chi connectivity index (χ4n) is 1.23. The Morgan fingerprint density at radius 3 is 2.60 bits per heavy atom. The van der Waals surface area contributed by atoms with Crippen LogP contribution in [0.25, 0.3) is 5.65 Å². The molecular weight excluding hydrogens is 204 g/mol. The van der Waals surface area contributed by atoms with Crippen LogP contribution < -0.4 is 0 Å². The van der Waals surface area contributed by atoms with Gasteiger partial charge in [0, 0.05) is 12.4 Å². The molecule has 0 radical (unpaired) electrons. The van der Waals surface area contributed by atoms with Crippen LogP contribution in [0.5, 0.6) is 0 Å². The third-order valence-electron chi connectivity index (χ3n) is 1.86. The fraction of sp³-hybridized carbons (Fsp3) is 0. The van der Waals surface area contributed by atoms with Crippen LogP contribution in [0.2, 0.25) is 0 Å². The van der Waals surface area contributed by atoms with E-state index >= 15 is 0 Å². The monoisotopic (exact) mass is 208 g/mol. The molecule has 0 atom stereocenters. The van der Waals surface area contributed by atoms with Gasteiger partial charge in [-0.3, -0.25) is 24.6 Å². The van der Waals surface area contributed by atoms with Crippen LogP contribution in [0.3, 0.4) is 0 Å². The summed E-state index contributed by atoms with van der Waals surface area (Å²) in [5.74, 6) is 0. The number of nitro groups is 2. The fourth-order valence-corrected chi connectivity index (χ4v) is 1.23. The molecular formula is C7H4N4O4. The molecule has 0 amide bonds. The number of rotatable bonds is 2. The number of pyridine rings is 1. The molecule has 2 aromatic heterocycles. The lowest BCUT2D eigenvalue weighted by Crippen LogP contribution is -1.97. The number of fused-ring (bicyclic) bond motifs is 1. The standard InChI is InChI=1S/C7H4N4O4/c12-10(13)5-3-6(11(14)15)7-8-1-2-9(7)4-5/h1-4H. The summed E-state index contributed by atoms with van der Waals surface area (Å²) in [5, 5.41) is 21.1. The molecule has 0 bridgehead atoms. The third-order valence-corrected chi connectivity index (χ3v) is 1.86. The van der Waals surface area contributed by atoms with E-state index in [4.69, 9.17) is 0 Å². The lowest BCUT2D eigenvalue weighted by molar-refractivity contribution is -0.393. The summed E-state index contributed by atoms with van der Waals surface area (Å²) in [6, 6.07) is 0.891. The molecule has 2 rings (SSSR count). The van der Waals surface area contributed by atoms with Crippen LogP contribution in [0.1, 0.15) is 0 Å². The van der Waals surface area contributed by atoms with E-state index in [9.17, 15) is 20.2 Å². The van der Waals surface area contributed by atoms with Crippen LogP contribution in [0.15, 0.2) is 24.7 Å². The van der Waals surface area contributed by atoms with E-state index in [0.717, 1.165) is 6.07 Å². The Morgan fingerprint density at radius 2 is 2.00 bits per heavy atom. The zero-order valence-corrected chi connectivity index (χ0v) is 7.23. The number of nitrogens with zero attached hydrogens (tertiary/aromatic N) is 4. The Kier molecular flexibility index (Phi) is 1.82. The average molecular weight is 208 g/mol. The Balaban J connectivity index is 2.80. The largest absolute Gasteiger partial charge is 0.319 e. The molecule has 2 aromatic rings. The SMILES string of the molecule is O=[N+]([O-])c1cc([N+](=O)[O-])c2nccn2c1. The molecule has 8 nitrogen and oxygen atoms in total. The third kappa shape index (κ3) is 1.37. The first kappa shape index (κ1) is 9.06.